The average molecular weight is 244 g/mol. The third-order valence-corrected chi connectivity index (χ3v) is 1.23. The normalized spacial score (nSPS) is 27.7. The molecule has 1 atom stereocenters. The van der Waals surface area contributed by atoms with Crippen molar-refractivity contribution in [3.63, 3.8) is 0 Å². The molecule has 0 aliphatic carbocycles. The molecule has 1 aliphatic heterocycles. The van der Waals surface area contributed by atoms with Crippen LogP contribution in [0.25, 0.3) is 0 Å². The lowest BCUT2D eigenvalue weighted by atomic mass is 10.5. The van der Waals surface area contributed by atoms with E-state index in [1.54, 1.807) is 0 Å². The van der Waals surface area contributed by atoms with Crippen LogP contribution in [-0.2, 0) is 9.47 Å². The molecule has 0 amide bonds. The van der Waals surface area contributed by atoms with Crippen LogP contribution in [0.4, 0.5) is 35.1 Å². The zero-order valence-electron chi connectivity index (χ0n) is 6.34. The maximum Gasteiger partial charge on any atom is 0.511 e. The number of hydrogen-bond acceptors (Lipinski definition) is 2. The molecule has 10 heteroatoms. The smallest absolute Gasteiger partial charge is 0.408 e. The van der Waals surface area contributed by atoms with Crippen LogP contribution in [0, 0.1) is 0 Å². The number of alkyl halides is 7. The van der Waals surface area contributed by atoms with E-state index in [-0.39, 0.29) is 0 Å². The van der Waals surface area contributed by atoms with Crippen molar-refractivity contribution < 1.29 is 44.6 Å². The Morgan fingerprint density at radius 3 is 1.60 bits per heavy atom. The average Bonchev–Trinajstić information content (AvgIpc) is 2.24. The molecule has 0 fully saturated rings. The van der Waals surface area contributed by atoms with Crippen molar-refractivity contribution in [1.82, 2.24) is 0 Å². The topological polar surface area (TPSA) is 18.5 Å². The van der Waals surface area contributed by atoms with Crippen LogP contribution in [0.3, 0.4) is 0 Å². The van der Waals surface area contributed by atoms with E-state index in [4.69, 9.17) is 0 Å². The summed E-state index contributed by atoms with van der Waals surface area (Å²) in [6.07, 6.45) is -11.6. The molecule has 0 aromatic heterocycles. The molecule has 0 aromatic rings. The Kier molecular flexibility index (Phi) is 2.28. The lowest BCUT2D eigenvalue weighted by Gasteiger charge is -2.20. The van der Waals surface area contributed by atoms with Gasteiger partial charge < -0.3 is 9.47 Å². The highest BCUT2D eigenvalue weighted by Crippen LogP contribution is 2.48. The molecular formula is C5F8O2. The van der Waals surface area contributed by atoms with Gasteiger partial charge in [-0.05, 0) is 0 Å². The van der Waals surface area contributed by atoms with E-state index in [1.807, 2.05) is 0 Å². The predicted octanol–water partition coefficient (Wildman–Crippen LogP) is 2.92. The maximum atomic E-state index is 12.5. The van der Waals surface area contributed by atoms with Crippen molar-refractivity contribution in [2.24, 2.45) is 0 Å². The van der Waals surface area contributed by atoms with Crippen LogP contribution in [0.1, 0.15) is 0 Å². The van der Waals surface area contributed by atoms with Gasteiger partial charge in [0.05, 0.1) is 0 Å². The molecule has 0 N–H and O–H groups in total. The van der Waals surface area contributed by atoms with Crippen LogP contribution < -0.4 is 0 Å². The first-order valence-corrected chi connectivity index (χ1v) is 3.08. The van der Waals surface area contributed by atoms with Crippen molar-refractivity contribution in [3.8, 4) is 0 Å². The molecule has 0 saturated carbocycles. The molecule has 0 spiro atoms. The third-order valence-electron chi connectivity index (χ3n) is 1.23. The van der Waals surface area contributed by atoms with E-state index in [0.29, 0.717) is 0 Å². The summed E-state index contributed by atoms with van der Waals surface area (Å²) < 4.78 is 100. The minimum Gasteiger partial charge on any atom is -0.408 e. The predicted molar refractivity (Wildman–Crippen MR) is 26.3 cm³/mol. The summed E-state index contributed by atoms with van der Waals surface area (Å²) in [5.41, 5.74) is 0. The molecule has 2 nitrogen and oxygen atoms in total. The monoisotopic (exact) mass is 244 g/mol. The van der Waals surface area contributed by atoms with Gasteiger partial charge in [-0.3, -0.25) is 0 Å². The first kappa shape index (κ1) is 11.9. The highest BCUT2D eigenvalue weighted by Gasteiger charge is 2.69. The van der Waals surface area contributed by atoms with E-state index in [0.717, 1.165) is 0 Å². The molecule has 15 heavy (non-hydrogen) atoms. The second kappa shape index (κ2) is 2.89. The van der Waals surface area contributed by atoms with Crippen molar-refractivity contribution in [3.05, 3.63) is 11.8 Å². The van der Waals surface area contributed by atoms with Crippen molar-refractivity contribution in [2.45, 2.75) is 18.4 Å². The number of ether oxygens (including phenoxy) is 2. The summed E-state index contributed by atoms with van der Waals surface area (Å²) in [6.45, 7) is 0. The highest BCUT2D eigenvalue weighted by atomic mass is 19.4. The Labute approximate surface area is 76.1 Å². The van der Waals surface area contributed by atoms with Gasteiger partial charge in [-0.15, -0.1) is 4.39 Å². The Morgan fingerprint density at radius 2 is 1.40 bits per heavy atom. The minimum absolute atomic E-state index is 2.73. The van der Waals surface area contributed by atoms with E-state index in [2.05, 4.69) is 9.47 Å². The van der Waals surface area contributed by atoms with Crippen LogP contribution in [-0.4, -0.2) is 18.4 Å². The lowest BCUT2D eigenvalue weighted by molar-refractivity contribution is -0.408. The van der Waals surface area contributed by atoms with Gasteiger partial charge in [0, 0.05) is 0 Å². The van der Waals surface area contributed by atoms with E-state index < -0.39 is 30.2 Å². The fourth-order valence-electron chi connectivity index (χ4n) is 0.639. The SMILES string of the molecule is FC1=C(C(F)(F)F)OC(F)(C(F)(F)F)O1. The fraction of sp³-hybridized carbons (Fsp3) is 0.600. The van der Waals surface area contributed by atoms with Gasteiger partial charge >= 0.3 is 24.4 Å². The molecule has 0 saturated heterocycles. The van der Waals surface area contributed by atoms with Gasteiger partial charge in [-0.1, -0.05) is 0 Å². The molecule has 1 unspecified atom stereocenters. The Hall–Kier alpha value is -1.22. The van der Waals surface area contributed by atoms with Gasteiger partial charge in [0.1, 0.15) is 0 Å². The highest BCUT2D eigenvalue weighted by molar-refractivity contribution is 5.07. The standard InChI is InChI=1S/C5F8O2/c6-2-1(3(7,8)9)14-5(13,15-2)4(10,11)12. The van der Waals surface area contributed by atoms with Gasteiger partial charge in [-0.2, -0.15) is 30.7 Å². The second-order valence-corrected chi connectivity index (χ2v) is 2.34. The summed E-state index contributed by atoms with van der Waals surface area (Å²) in [5, 5.41) is 0. The second-order valence-electron chi connectivity index (χ2n) is 2.34. The zero-order valence-corrected chi connectivity index (χ0v) is 6.34. The molecule has 1 rings (SSSR count). The van der Waals surface area contributed by atoms with Gasteiger partial charge in [0.15, 0.2) is 0 Å². The van der Waals surface area contributed by atoms with Crippen LogP contribution in [0.5, 0.6) is 0 Å². The summed E-state index contributed by atoms with van der Waals surface area (Å²) >= 11 is 0. The largest absolute Gasteiger partial charge is 0.511 e. The number of rotatable bonds is 0. The number of halogens is 8. The zero-order chi connectivity index (χ0) is 12.1. The molecule has 0 radical (unpaired) electrons. The third kappa shape index (κ3) is 1.92. The van der Waals surface area contributed by atoms with E-state index in [9.17, 15) is 35.1 Å². The van der Waals surface area contributed by atoms with E-state index in [1.165, 1.54) is 0 Å². The van der Waals surface area contributed by atoms with Crippen LogP contribution in [0.15, 0.2) is 11.8 Å². The lowest BCUT2D eigenvalue weighted by Crippen LogP contribution is -2.42. The van der Waals surface area contributed by atoms with Crippen LogP contribution in [0.2, 0.25) is 0 Å². The Morgan fingerprint density at radius 1 is 0.933 bits per heavy atom. The summed E-state index contributed by atoms with van der Waals surface area (Å²) in [6, 6.07) is -7.94. The molecule has 1 heterocycles. The Balaban J connectivity index is 2.98. The number of hydrogen-bond donors (Lipinski definition) is 0. The van der Waals surface area contributed by atoms with Crippen molar-refractivity contribution in [2.75, 3.05) is 0 Å². The first-order chi connectivity index (χ1) is 6.47. The van der Waals surface area contributed by atoms with Gasteiger partial charge in [0.2, 0.25) is 0 Å². The van der Waals surface area contributed by atoms with Crippen molar-refractivity contribution in [1.29, 1.82) is 0 Å². The quantitative estimate of drug-likeness (QED) is 0.610. The maximum absolute atomic E-state index is 12.5. The fourth-order valence-corrected chi connectivity index (χ4v) is 0.639. The van der Waals surface area contributed by atoms with Crippen molar-refractivity contribution >= 4 is 0 Å². The Bertz CT molecular complexity index is 301. The molecular weight excluding hydrogens is 244 g/mol. The summed E-state index contributed by atoms with van der Waals surface area (Å²) in [7, 11) is 0. The van der Waals surface area contributed by atoms with E-state index >= 15 is 0 Å². The summed E-state index contributed by atoms with van der Waals surface area (Å²) in [4.78, 5) is 0. The number of allylic oxidation sites excluding steroid dienone is 1. The molecule has 0 aromatic carbocycles. The molecule has 1 aliphatic rings. The minimum atomic E-state index is -5.95. The molecule has 0 bridgehead atoms. The van der Waals surface area contributed by atoms with Crippen LogP contribution >= 0.6 is 0 Å². The van der Waals surface area contributed by atoms with Gasteiger partial charge in [-0.25, -0.2) is 0 Å². The summed E-state index contributed by atoms with van der Waals surface area (Å²) in [5.74, 6) is -2.79. The first-order valence-electron chi connectivity index (χ1n) is 3.08. The van der Waals surface area contributed by atoms with Gasteiger partial charge in [0.25, 0.3) is 5.76 Å². The molecule has 88 valence electrons.